The third-order valence-corrected chi connectivity index (χ3v) is 3.61. The van der Waals surface area contributed by atoms with Crippen LogP contribution in [0.4, 0.5) is 0 Å². The number of aromatic hydroxyl groups is 2. The lowest BCUT2D eigenvalue weighted by molar-refractivity contribution is 0.470. The van der Waals surface area contributed by atoms with Gasteiger partial charge in [-0.05, 0) is 85.3 Å². The first-order chi connectivity index (χ1) is 9.38. The minimum atomic E-state index is 0.330. The zero-order chi connectivity index (χ0) is 14.9. The van der Waals surface area contributed by atoms with Crippen LogP contribution >= 0.6 is 0 Å². The summed E-state index contributed by atoms with van der Waals surface area (Å²) in [6, 6.07) is 7.52. The number of phenols is 2. The van der Waals surface area contributed by atoms with Crippen molar-refractivity contribution in [2.45, 2.75) is 27.7 Å². The molecule has 0 aliphatic carbocycles. The first kappa shape index (κ1) is 14.2. The predicted octanol–water partition coefficient (Wildman–Crippen LogP) is 4.50. The van der Waals surface area contributed by atoms with Gasteiger partial charge < -0.3 is 10.2 Å². The molecule has 0 bridgehead atoms. The quantitative estimate of drug-likeness (QED) is 0.787. The highest BCUT2D eigenvalue weighted by Crippen LogP contribution is 2.25. The summed E-state index contributed by atoms with van der Waals surface area (Å²) in [5.41, 5.74) is 5.99. The number of rotatable bonds is 2. The molecule has 2 heteroatoms. The van der Waals surface area contributed by atoms with Gasteiger partial charge in [0.05, 0.1) is 0 Å². The van der Waals surface area contributed by atoms with Crippen LogP contribution in [0.15, 0.2) is 24.3 Å². The van der Waals surface area contributed by atoms with Crippen molar-refractivity contribution in [2.75, 3.05) is 0 Å². The summed E-state index contributed by atoms with van der Waals surface area (Å²) in [5, 5.41) is 19.3. The van der Waals surface area contributed by atoms with Crippen molar-refractivity contribution in [3.05, 3.63) is 57.6 Å². The van der Waals surface area contributed by atoms with Crippen LogP contribution < -0.4 is 0 Å². The molecular formula is C18H20O2. The summed E-state index contributed by atoms with van der Waals surface area (Å²) in [7, 11) is 0. The van der Waals surface area contributed by atoms with E-state index < -0.39 is 0 Å². The van der Waals surface area contributed by atoms with Gasteiger partial charge in [-0.3, -0.25) is 0 Å². The molecule has 104 valence electrons. The van der Waals surface area contributed by atoms with Crippen LogP contribution in [0.3, 0.4) is 0 Å². The summed E-state index contributed by atoms with van der Waals surface area (Å²) in [5.74, 6) is 0.660. The SMILES string of the molecule is Cc1cc(C=Cc2cc(C)c(O)cc2C)c(C)cc1O. The van der Waals surface area contributed by atoms with Gasteiger partial charge in [-0.15, -0.1) is 0 Å². The van der Waals surface area contributed by atoms with Gasteiger partial charge in [0.1, 0.15) is 11.5 Å². The van der Waals surface area contributed by atoms with Crippen LogP contribution in [0.5, 0.6) is 11.5 Å². The van der Waals surface area contributed by atoms with Crippen molar-refractivity contribution in [3.63, 3.8) is 0 Å². The van der Waals surface area contributed by atoms with Gasteiger partial charge in [0, 0.05) is 0 Å². The van der Waals surface area contributed by atoms with E-state index in [1.54, 1.807) is 12.1 Å². The average Bonchev–Trinajstić information content (AvgIpc) is 2.37. The molecule has 0 heterocycles. The molecule has 0 saturated heterocycles. The Labute approximate surface area is 120 Å². The molecule has 2 aromatic rings. The largest absolute Gasteiger partial charge is 0.508 e. The van der Waals surface area contributed by atoms with Crippen LogP contribution in [0.1, 0.15) is 33.4 Å². The summed E-state index contributed by atoms with van der Waals surface area (Å²) >= 11 is 0. The van der Waals surface area contributed by atoms with E-state index in [0.717, 1.165) is 33.4 Å². The molecule has 0 aliphatic heterocycles. The van der Waals surface area contributed by atoms with E-state index in [4.69, 9.17) is 0 Å². The number of benzene rings is 2. The molecule has 2 N–H and O–H groups in total. The van der Waals surface area contributed by atoms with E-state index in [1.807, 2.05) is 52.0 Å². The molecule has 0 unspecified atom stereocenters. The number of aryl methyl sites for hydroxylation is 4. The van der Waals surface area contributed by atoms with E-state index >= 15 is 0 Å². The maximum atomic E-state index is 9.67. The van der Waals surface area contributed by atoms with E-state index in [0.29, 0.717) is 11.5 Å². The Balaban J connectivity index is 2.39. The third kappa shape index (κ3) is 2.85. The fraction of sp³-hybridized carbons (Fsp3) is 0.222. The Morgan fingerprint density at radius 2 is 0.950 bits per heavy atom. The molecule has 2 nitrogen and oxygen atoms in total. The molecule has 0 spiro atoms. The average molecular weight is 268 g/mol. The Morgan fingerprint density at radius 1 is 0.600 bits per heavy atom. The van der Waals surface area contributed by atoms with Crippen LogP contribution in [0.25, 0.3) is 12.2 Å². The predicted molar refractivity (Wildman–Crippen MR) is 84.1 cm³/mol. The van der Waals surface area contributed by atoms with E-state index in [-0.39, 0.29) is 0 Å². The second kappa shape index (κ2) is 5.41. The number of hydrogen-bond donors (Lipinski definition) is 2. The van der Waals surface area contributed by atoms with E-state index in [9.17, 15) is 10.2 Å². The summed E-state index contributed by atoms with van der Waals surface area (Å²) < 4.78 is 0. The first-order valence-electron chi connectivity index (χ1n) is 6.67. The fourth-order valence-electron chi connectivity index (χ4n) is 2.19. The van der Waals surface area contributed by atoms with Crippen molar-refractivity contribution >= 4 is 12.2 Å². The van der Waals surface area contributed by atoms with Gasteiger partial charge in [-0.2, -0.15) is 0 Å². The zero-order valence-corrected chi connectivity index (χ0v) is 12.4. The molecular weight excluding hydrogens is 248 g/mol. The smallest absolute Gasteiger partial charge is 0.118 e. The topological polar surface area (TPSA) is 40.5 Å². The number of hydrogen-bond acceptors (Lipinski definition) is 2. The van der Waals surface area contributed by atoms with Crippen molar-refractivity contribution in [1.82, 2.24) is 0 Å². The molecule has 2 rings (SSSR count). The van der Waals surface area contributed by atoms with E-state index in [2.05, 4.69) is 0 Å². The van der Waals surface area contributed by atoms with Gasteiger partial charge in [-0.1, -0.05) is 12.2 Å². The van der Waals surface area contributed by atoms with Crippen LogP contribution in [-0.4, -0.2) is 10.2 Å². The van der Waals surface area contributed by atoms with Crippen molar-refractivity contribution in [3.8, 4) is 11.5 Å². The maximum absolute atomic E-state index is 9.67. The second-order valence-corrected chi connectivity index (χ2v) is 5.32. The summed E-state index contributed by atoms with van der Waals surface area (Å²) in [4.78, 5) is 0. The highest BCUT2D eigenvalue weighted by atomic mass is 16.3. The van der Waals surface area contributed by atoms with Gasteiger partial charge in [0.2, 0.25) is 0 Å². The van der Waals surface area contributed by atoms with Gasteiger partial charge in [-0.25, -0.2) is 0 Å². The fourth-order valence-corrected chi connectivity index (χ4v) is 2.19. The van der Waals surface area contributed by atoms with Crippen molar-refractivity contribution in [1.29, 1.82) is 0 Å². The minimum Gasteiger partial charge on any atom is -0.508 e. The molecule has 0 amide bonds. The Morgan fingerprint density at radius 3 is 1.30 bits per heavy atom. The monoisotopic (exact) mass is 268 g/mol. The lowest BCUT2D eigenvalue weighted by Crippen LogP contribution is -1.86. The molecule has 0 atom stereocenters. The highest BCUT2D eigenvalue weighted by Gasteiger charge is 2.03. The molecule has 0 aliphatic rings. The highest BCUT2D eigenvalue weighted by molar-refractivity contribution is 5.74. The van der Waals surface area contributed by atoms with Crippen molar-refractivity contribution < 1.29 is 10.2 Å². The molecule has 0 radical (unpaired) electrons. The lowest BCUT2D eigenvalue weighted by atomic mass is 10.0. The van der Waals surface area contributed by atoms with Crippen LogP contribution in [-0.2, 0) is 0 Å². The molecule has 20 heavy (non-hydrogen) atoms. The minimum absolute atomic E-state index is 0.330. The molecule has 2 aromatic carbocycles. The van der Waals surface area contributed by atoms with Crippen LogP contribution in [0.2, 0.25) is 0 Å². The standard InChI is InChI=1S/C18H20O2/c1-11-9-17(19)13(3)7-15(11)5-6-16-8-14(4)18(20)10-12(16)2/h5-10,19-20H,1-4H3. The molecule has 0 fully saturated rings. The first-order valence-corrected chi connectivity index (χ1v) is 6.67. The Hall–Kier alpha value is -2.22. The Bertz CT molecular complexity index is 623. The zero-order valence-electron chi connectivity index (χ0n) is 12.4. The maximum Gasteiger partial charge on any atom is 0.118 e. The number of phenolic OH excluding ortho intramolecular Hbond substituents is 2. The van der Waals surface area contributed by atoms with Crippen molar-refractivity contribution in [2.24, 2.45) is 0 Å². The third-order valence-electron chi connectivity index (χ3n) is 3.61. The second-order valence-electron chi connectivity index (χ2n) is 5.32. The van der Waals surface area contributed by atoms with Gasteiger partial charge in [0.25, 0.3) is 0 Å². The molecule has 0 saturated carbocycles. The van der Waals surface area contributed by atoms with Gasteiger partial charge >= 0.3 is 0 Å². The normalized spacial score (nSPS) is 11.2. The van der Waals surface area contributed by atoms with Crippen LogP contribution in [0, 0.1) is 27.7 Å². The summed E-state index contributed by atoms with van der Waals surface area (Å²) in [6.45, 7) is 7.74. The summed E-state index contributed by atoms with van der Waals surface area (Å²) in [6.07, 6.45) is 4.08. The lowest BCUT2D eigenvalue weighted by Gasteiger charge is -2.07. The van der Waals surface area contributed by atoms with Gasteiger partial charge in [0.15, 0.2) is 0 Å². The van der Waals surface area contributed by atoms with E-state index in [1.165, 1.54) is 0 Å². The molecule has 0 aromatic heterocycles. The Kier molecular flexibility index (Phi) is 3.84.